The van der Waals surface area contributed by atoms with Gasteiger partial charge in [-0.05, 0) is 50.2 Å². The summed E-state index contributed by atoms with van der Waals surface area (Å²) >= 11 is 0. The highest BCUT2D eigenvalue weighted by molar-refractivity contribution is 5.94. The van der Waals surface area contributed by atoms with Crippen LogP contribution in [0.25, 0.3) is 11.3 Å². The van der Waals surface area contributed by atoms with Crippen LogP contribution in [0.1, 0.15) is 42.6 Å². The number of halogens is 2. The summed E-state index contributed by atoms with van der Waals surface area (Å²) in [4.78, 5) is 39.8. The summed E-state index contributed by atoms with van der Waals surface area (Å²) in [6.45, 7) is 1.98. The van der Waals surface area contributed by atoms with Crippen LogP contribution in [-0.4, -0.2) is 64.2 Å². The van der Waals surface area contributed by atoms with Gasteiger partial charge >= 0.3 is 5.97 Å². The molecule has 35 heavy (non-hydrogen) atoms. The number of hydrogen-bond acceptors (Lipinski definition) is 6. The van der Waals surface area contributed by atoms with E-state index in [1.165, 1.54) is 25.0 Å². The van der Waals surface area contributed by atoms with Gasteiger partial charge in [0.1, 0.15) is 17.2 Å². The third kappa shape index (κ3) is 5.04. The molecule has 1 aromatic carbocycles. The van der Waals surface area contributed by atoms with Crippen LogP contribution in [0.5, 0.6) is 0 Å². The van der Waals surface area contributed by atoms with Gasteiger partial charge in [-0.1, -0.05) is 5.16 Å². The van der Waals surface area contributed by atoms with Gasteiger partial charge in [0.2, 0.25) is 5.91 Å². The minimum absolute atomic E-state index is 0.0293. The van der Waals surface area contributed by atoms with Crippen LogP contribution in [0.2, 0.25) is 0 Å². The Labute approximate surface area is 199 Å². The number of nitrogens with zero attached hydrogens (tertiary/aromatic N) is 2. The first kappa shape index (κ1) is 23.4. The van der Waals surface area contributed by atoms with E-state index in [0.29, 0.717) is 44.3 Å². The summed E-state index contributed by atoms with van der Waals surface area (Å²) in [5.74, 6) is -3.68. The van der Waals surface area contributed by atoms with Crippen LogP contribution in [0, 0.1) is 23.5 Å². The predicted octanol–water partition coefficient (Wildman–Crippen LogP) is 2.18. The van der Waals surface area contributed by atoms with Crippen LogP contribution in [-0.2, 0) is 9.59 Å². The third-order valence-corrected chi connectivity index (χ3v) is 7.02. The summed E-state index contributed by atoms with van der Waals surface area (Å²) in [5, 5.41) is 18.7. The lowest BCUT2D eigenvalue weighted by Crippen LogP contribution is -2.58. The molecule has 0 unspecified atom stereocenters. The monoisotopic (exact) mass is 488 g/mol. The highest BCUT2D eigenvalue weighted by Gasteiger charge is 2.53. The molecule has 0 spiro atoms. The average molecular weight is 488 g/mol. The molecule has 3 aliphatic rings. The molecule has 0 radical (unpaired) electrons. The van der Waals surface area contributed by atoms with Crippen molar-refractivity contribution in [2.24, 2.45) is 11.8 Å². The maximum absolute atomic E-state index is 14.1. The Balaban J connectivity index is 1.29. The van der Waals surface area contributed by atoms with Crippen molar-refractivity contribution < 1.29 is 32.8 Å². The number of carboxylic acids is 1. The minimum Gasteiger partial charge on any atom is -0.480 e. The van der Waals surface area contributed by atoms with Crippen LogP contribution < -0.4 is 10.6 Å². The highest BCUT2D eigenvalue weighted by Crippen LogP contribution is 2.37. The number of aliphatic carboxylic acids is 1. The second kappa shape index (κ2) is 9.03. The maximum atomic E-state index is 14.1. The molecule has 2 atom stereocenters. The van der Waals surface area contributed by atoms with E-state index in [1.54, 1.807) is 0 Å². The van der Waals surface area contributed by atoms with Crippen molar-refractivity contribution in [1.82, 2.24) is 20.7 Å². The molecule has 3 fully saturated rings. The summed E-state index contributed by atoms with van der Waals surface area (Å²) in [6.07, 6.45) is 3.60. The third-order valence-electron chi connectivity index (χ3n) is 7.02. The number of likely N-dealkylation sites (tertiary alicyclic amines) is 1. The Hall–Kier alpha value is -3.34. The number of carboxylic acid groups (broad SMARTS) is 1. The maximum Gasteiger partial charge on any atom is 0.329 e. The number of carbonyl (C=O) groups excluding carboxylic acids is 2. The number of benzene rings is 1. The van der Waals surface area contributed by atoms with Crippen LogP contribution in [0.15, 0.2) is 28.8 Å². The Morgan fingerprint density at radius 1 is 1.17 bits per heavy atom. The summed E-state index contributed by atoms with van der Waals surface area (Å²) < 4.78 is 32.4. The topological polar surface area (TPSA) is 125 Å². The molecule has 1 aliphatic heterocycles. The van der Waals surface area contributed by atoms with E-state index in [4.69, 9.17) is 4.52 Å². The second-order valence-corrected chi connectivity index (χ2v) is 9.76. The molecule has 3 N–H and O–H groups in total. The lowest BCUT2D eigenvalue weighted by molar-refractivity contribution is -0.144. The smallest absolute Gasteiger partial charge is 0.329 e. The number of nitrogens with one attached hydrogen (secondary N) is 2. The van der Waals surface area contributed by atoms with Crippen molar-refractivity contribution in [2.45, 2.75) is 43.7 Å². The first-order valence-electron chi connectivity index (χ1n) is 11.7. The Morgan fingerprint density at radius 2 is 1.94 bits per heavy atom. The number of aromatic nitrogens is 1. The van der Waals surface area contributed by atoms with E-state index in [-0.39, 0.29) is 17.0 Å². The minimum atomic E-state index is -1.22. The molecule has 9 nitrogen and oxygen atoms in total. The number of hydrogen-bond donors (Lipinski definition) is 3. The fourth-order valence-corrected chi connectivity index (χ4v) is 4.58. The predicted molar refractivity (Wildman–Crippen MR) is 118 cm³/mol. The summed E-state index contributed by atoms with van der Waals surface area (Å²) in [5.41, 5.74) is -1.36. The average Bonchev–Trinajstić information content (AvgIpc) is 3.73. The highest BCUT2D eigenvalue weighted by atomic mass is 19.1. The quantitative estimate of drug-likeness (QED) is 0.520. The number of amides is 2. The molecule has 2 aliphatic carbocycles. The fraction of sp³-hybridized carbons (Fsp3) is 0.500. The normalized spacial score (nSPS) is 23.5. The summed E-state index contributed by atoms with van der Waals surface area (Å²) in [6, 6.07) is 3.69. The van der Waals surface area contributed by atoms with Crippen molar-refractivity contribution in [3.05, 3.63) is 41.6 Å². The van der Waals surface area contributed by atoms with E-state index in [0.717, 1.165) is 12.6 Å². The largest absolute Gasteiger partial charge is 0.480 e. The van der Waals surface area contributed by atoms with Gasteiger partial charge in [0.25, 0.3) is 5.91 Å². The molecule has 2 aromatic rings. The lowest BCUT2D eigenvalue weighted by atomic mass is 9.90. The Morgan fingerprint density at radius 3 is 2.60 bits per heavy atom. The molecular formula is C24H26F2N4O5. The number of carbonyl (C=O) groups is 3. The zero-order valence-electron chi connectivity index (χ0n) is 18.9. The lowest BCUT2D eigenvalue weighted by Gasteiger charge is -2.38. The van der Waals surface area contributed by atoms with Crippen molar-refractivity contribution in [2.75, 3.05) is 19.6 Å². The molecular weight excluding hydrogens is 462 g/mol. The molecule has 5 rings (SSSR count). The van der Waals surface area contributed by atoms with Gasteiger partial charge in [-0.3, -0.25) is 9.59 Å². The van der Waals surface area contributed by atoms with Gasteiger partial charge in [0.05, 0.1) is 11.5 Å². The van der Waals surface area contributed by atoms with E-state index < -0.39 is 46.9 Å². The zero-order chi connectivity index (χ0) is 24.7. The number of piperidine rings is 1. The van der Waals surface area contributed by atoms with Crippen LogP contribution in [0.3, 0.4) is 0 Å². The van der Waals surface area contributed by atoms with Gasteiger partial charge in [0, 0.05) is 37.8 Å². The molecule has 186 valence electrons. The van der Waals surface area contributed by atoms with E-state index in [9.17, 15) is 28.3 Å². The van der Waals surface area contributed by atoms with Gasteiger partial charge < -0.3 is 25.2 Å². The van der Waals surface area contributed by atoms with Gasteiger partial charge in [0.15, 0.2) is 11.5 Å². The van der Waals surface area contributed by atoms with Crippen LogP contribution in [0.4, 0.5) is 8.78 Å². The van der Waals surface area contributed by atoms with Crippen molar-refractivity contribution in [3.8, 4) is 11.3 Å². The zero-order valence-corrected chi connectivity index (χ0v) is 18.9. The fourth-order valence-electron chi connectivity index (χ4n) is 4.58. The SMILES string of the molecule is O=C(N[C@H]1CCN(CC2CC2)C[C@@H]1C(=O)NC1(C(=O)O)CC1)c1cc(-c2ccc(F)cc2F)on1. The standard InChI is InChI=1S/C24H26F2N4O5/c25-14-3-4-15(17(26)9-14)20-10-19(29-35-20)22(32)27-18-5-8-30(11-13-1-2-13)12-16(18)21(31)28-24(6-7-24)23(33)34/h3-4,9-10,13,16,18H,1-2,5-8,11-12H2,(H,27,32)(H,28,31)(H,33,34)/t16-,18-/m0/s1. The van der Waals surface area contributed by atoms with Crippen molar-refractivity contribution >= 4 is 17.8 Å². The van der Waals surface area contributed by atoms with E-state index >= 15 is 0 Å². The molecule has 0 bridgehead atoms. The molecule has 1 saturated heterocycles. The first-order chi connectivity index (χ1) is 16.7. The molecule has 2 amide bonds. The summed E-state index contributed by atoms with van der Waals surface area (Å²) in [7, 11) is 0. The second-order valence-electron chi connectivity index (χ2n) is 9.76. The molecule has 11 heteroatoms. The number of rotatable bonds is 8. The van der Waals surface area contributed by atoms with Crippen molar-refractivity contribution in [1.29, 1.82) is 0 Å². The molecule has 2 saturated carbocycles. The van der Waals surface area contributed by atoms with E-state index in [2.05, 4.69) is 20.7 Å². The Kier molecular flexibility index (Phi) is 6.04. The first-order valence-corrected chi connectivity index (χ1v) is 11.7. The van der Waals surface area contributed by atoms with E-state index in [1.807, 2.05) is 0 Å². The van der Waals surface area contributed by atoms with Gasteiger partial charge in [-0.2, -0.15) is 0 Å². The van der Waals surface area contributed by atoms with Crippen molar-refractivity contribution in [3.63, 3.8) is 0 Å². The Bertz CT molecular complexity index is 1160. The molecule has 1 aromatic heterocycles. The van der Waals surface area contributed by atoms with Gasteiger partial charge in [-0.25, -0.2) is 13.6 Å². The van der Waals surface area contributed by atoms with Crippen LogP contribution >= 0.6 is 0 Å². The van der Waals surface area contributed by atoms with Gasteiger partial charge in [-0.15, -0.1) is 0 Å². The molecule has 2 heterocycles.